The van der Waals surface area contributed by atoms with Crippen molar-refractivity contribution in [2.24, 2.45) is 0 Å². The van der Waals surface area contributed by atoms with Crippen molar-refractivity contribution in [2.75, 3.05) is 11.5 Å². The van der Waals surface area contributed by atoms with E-state index in [0.717, 1.165) is 6.07 Å². The molecule has 0 radical (unpaired) electrons. The minimum Gasteiger partial charge on any atom is -0.480 e. The molecule has 0 aromatic heterocycles. The number of non-ortho nitro benzene ring substituents is 1. The molecule has 2 aromatic rings. The largest absolute Gasteiger partial charge is 0.480 e. The molecule has 1 fully saturated rings. The van der Waals surface area contributed by atoms with Gasteiger partial charge in [0.2, 0.25) is 0 Å². The number of ether oxygens (including phenoxy) is 1. The number of imide groups is 2. The lowest BCUT2D eigenvalue weighted by atomic mass is 10.1. The minimum absolute atomic E-state index is 0.0332. The third-order valence-corrected chi connectivity index (χ3v) is 4.31. The van der Waals surface area contributed by atoms with Crippen LogP contribution >= 0.6 is 11.6 Å². The van der Waals surface area contributed by atoms with Gasteiger partial charge in [0, 0.05) is 12.1 Å². The van der Waals surface area contributed by atoms with E-state index < -0.39 is 40.9 Å². The van der Waals surface area contributed by atoms with E-state index in [2.05, 4.69) is 0 Å². The van der Waals surface area contributed by atoms with Gasteiger partial charge < -0.3 is 9.84 Å². The van der Waals surface area contributed by atoms with Crippen LogP contribution in [0.5, 0.6) is 5.75 Å². The zero-order valence-electron chi connectivity index (χ0n) is 15.4. The average Bonchev–Trinajstić information content (AvgIpc) is 2.70. The van der Waals surface area contributed by atoms with Crippen LogP contribution in [0, 0.1) is 10.1 Å². The van der Waals surface area contributed by atoms with Gasteiger partial charge >= 0.3 is 12.0 Å². The number of nitro groups is 1. The van der Waals surface area contributed by atoms with Gasteiger partial charge in [-0.2, -0.15) is 0 Å². The number of benzene rings is 2. The summed E-state index contributed by atoms with van der Waals surface area (Å²) in [4.78, 5) is 58.8. The standard InChI is InChI=1S/C19H12ClN3O8/c20-14-7-10(4-5-15(14)31-9-16(24)25)6-13-17(26)21-19(28)22(18(13)27)11-2-1-3-12(8-11)23(29)30/h1-8H,9H2,(H,24,25)(H,21,26,28)/b13-6+. The van der Waals surface area contributed by atoms with Crippen molar-refractivity contribution in [1.82, 2.24) is 5.32 Å². The number of rotatable bonds is 6. The molecule has 1 heterocycles. The van der Waals surface area contributed by atoms with Crippen molar-refractivity contribution in [2.45, 2.75) is 0 Å². The van der Waals surface area contributed by atoms with Gasteiger partial charge in [-0.1, -0.05) is 23.7 Å². The summed E-state index contributed by atoms with van der Waals surface area (Å²) in [6.07, 6.45) is 1.17. The Bertz CT molecular complexity index is 1160. The number of anilines is 1. The average molecular weight is 446 g/mol. The van der Waals surface area contributed by atoms with Crippen LogP contribution in [0.4, 0.5) is 16.2 Å². The van der Waals surface area contributed by atoms with Crippen LogP contribution in [-0.4, -0.2) is 40.5 Å². The highest BCUT2D eigenvalue weighted by atomic mass is 35.5. The molecule has 1 aliphatic rings. The van der Waals surface area contributed by atoms with Gasteiger partial charge in [0.05, 0.1) is 15.6 Å². The number of nitrogens with zero attached hydrogens (tertiary/aromatic N) is 2. The molecule has 0 aliphatic carbocycles. The summed E-state index contributed by atoms with van der Waals surface area (Å²) in [5.74, 6) is -3.06. The first-order valence-electron chi connectivity index (χ1n) is 8.47. The number of carboxylic acid groups (broad SMARTS) is 1. The van der Waals surface area contributed by atoms with Gasteiger partial charge in [-0.3, -0.25) is 25.0 Å². The van der Waals surface area contributed by atoms with Crippen molar-refractivity contribution in [3.8, 4) is 5.75 Å². The van der Waals surface area contributed by atoms with E-state index in [1.165, 1.54) is 42.5 Å². The summed E-state index contributed by atoms with van der Waals surface area (Å²) in [7, 11) is 0. The number of aliphatic carboxylic acids is 1. The summed E-state index contributed by atoms with van der Waals surface area (Å²) < 4.78 is 5.00. The second-order valence-electron chi connectivity index (χ2n) is 6.11. The SMILES string of the molecule is O=C(O)COc1ccc(/C=C2\C(=O)NC(=O)N(c3cccc([N+](=O)[O-])c3)C2=O)cc1Cl. The summed E-state index contributed by atoms with van der Waals surface area (Å²) in [5.41, 5.74) is -0.560. The summed E-state index contributed by atoms with van der Waals surface area (Å²) >= 11 is 6.04. The number of hydrogen-bond donors (Lipinski definition) is 2. The fourth-order valence-corrected chi connectivity index (χ4v) is 2.91. The molecule has 0 bridgehead atoms. The van der Waals surface area contributed by atoms with Crippen LogP contribution in [0.1, 0.15) is 5.56 Å². The van der Waals surface area contributed by atoms with Gasteiger partial charge in [0.25, 0.3) is 17.5 Å². The molecule has 0 saturated carbocycles. The van der Waals surface area contributed by atoms with E-state index in [1.807, 2.05) is 5.32 Å². The van der Waals surface area contributed by atoms with E-state index in [9.17, 15) is 29.3 Å². The number of carbonyl (C=O) groups is 4. The molecule has 1 aliphatic heterocycles. The predicted octanol–water partition coefficient (Wildman–Crippen LogP) is 2.38. The molecule has 158 valence electrons. The molecule has 0 atom stereocenters. The normalized spacial score (nSPS) is 15.1. The molecule has 1 saturated heterocycles. The monoisotopic (exact) mass is 445 g/mol. The van der Waals surface area contributed by atoms with Crippen LogP contribution in [0.15, 0.2) is 48.0 Å². The Morgan fingerprint density at radius 2 is 1.97 bits per heavy atom. The number of nitrogens with one attached hydrogen (secondary N) is 1. The Labute approximate surface area is 178 Å². The Kier molecular flexibility index (Phi) is 5.97. The highest BCUT2D eigenvalue weighted by Crippen LogP contribution is 2.28. The highest BCUT2D eigenvalue weighted by molar-refractivity contribution is 6.39. The summed E-state index contributed by atoms with van der Waals surface area (Å²) in [6.45, 7) is -0.610. The summed E-state index contributed by atoms with van der Waals surface area (Å²) in [5, 5.41) is 21.7. The number of nitro benzene ring substituents is 1. The second kappa shape index (κ2) is 8.63. The Morgan fingerprint density at radius 3 is 2.61 bits per heavy atom. The van der Waals surface area contributed by atoms with E-state index in [0.29, 0.717) is 10.5 Å². The summed E-state index contributed by atoms with van der Waals surface area (Å²) in [6, 6.07) is 7.87. The maximum Gasteiger partial charge on any atom is 0.341 e. The molecule has 2 aromatic carbocycles. The molecule has 2 N–H and O–H groups in total. The molecular weight excluding hydrogens is 434 g/mol. The molecule has 0 spiro atoms. The van der Waals surface area contributed by atoms with Crippen molar-refractivity contribution in [1.29, 1.82) is 0 Å². The zero-order valence-corrected chi connectivity index (χ0v) is 16.2. The molecule has 31 heavy (non-hydrogen) atoms. The number of carbonyl (C=O) groups excluding carboxylic acids is 3. The van der Waals surface area contributed by atoms with Crippen molar-refractivity contribution in [3.63, 3.8) is 0 Å². The maximum atomic E-state index is 12.8. The number of hydrogen-bond acceptors (Lipinski definition) is 7. The van der Waals surface area contributed by atoms with Crippen molar-refractivity contribution in [3.05, 3.63) is 68.7 Å². The van der Waals surface area contributed by atoms with Crippen LogP contribution in [0.3, 0.4) is 0 Å². The van der Waals surface area contributed by atoms with Crippen LogP contribution < -0.4 is 15.0 Å². The predicted molar refractivity (Wildman–Crippen MR) is 107 cm³/mol. The molecule has 4 amide bonds. The quantitative estimate of drug-likeness (QED) is 0.297. The smallest absolute Gasteiger partial charge is 0.341 e. The van der Waals surface area contributed by atoms with E-state index in [1.54, 1.807) is 0 Å². The number of carboxylic acids is 1. The zero-order chi connectivity index (χ0) is 22.7. The van der Waals surface area contributed by atoms with Crippen molar-refractivity contribution >= 4 is 52.9 Å². The highest BCUT2D eigenvalue weighted by Gasteiger charge is 2.37. The maximum absolute atomic E-state index is 12.8. The first-order valence-corrected chi connectivity index (χ1v) is 8.85. The Morgan fingerprint density at radius 1 is 1.23 bits per heavy atom. The first-order chi connectivity index (χ1) is 14.7. The Balaban J connectivity index is 1.94. The van der Waals surface area contributed by atoms with Gasteiger partial charge in [0.1, 0.15) is 11.3 Å². The lowest BCUT2D eigenvalue weighted by Crippen LogP contribution is -2.54. The fraction of sp³-hybridized carbons (Fsp3) is 0.0526. The van der Waals surface area contributed by atoms with Crippen LogP contribution in [0.25, 0.3) is 6.08 Å². The van der Waals surface area contributed by atoms with E-state index in [-0.39, 0.29) is 22.1 Å². The number of halogens is 1. The fourth-order valence-electron chi connectivity index (χ4n) is 2.67. The lowest BCUT2D eigenvalue weighted by Gasteiger charge is -2.26. The molecule has 11 nitrogen and oxygen atoms in total. The number of barbiturate groups is 1. The molecule has 12 heteroatoms. The second-order valence-corrected chi connectivity index (χ2v) is 6.51. The third-order valence-electron chi connectivity index (χ3n) is 4.02. The van der Waals surface area contributed by atoms with E-state index >= 15 is 0 Å². The van der Waals surface area contributed by atoms with Crippen molar-refractivity contribution < 1.29 is 33.9 Å². The van der Waals surface area contributed by atoms with Gasteiger partial charge in [-0.25, -0.2) is 14.5 Å². The first kappa shape index (κ1) is 21.5. The number of urea groups is 1. The lowest BCUT2D eigenvalue weighted by molar-refractivity contribution is -0.384. The Hall–Kier alpha value is -4.25. The van der Waals surface area contributed by atoms with Crippen LogP contribution in [-0.2, 0) is 14.4 Å². The van der Waals surface area contributed by atoms with Gasteiger partial charge in [-0.05, 0) is 29.8 Å². The molecule has 3 rings (SSSR count). The van der Waals surface area contributed by atoms with Crippen LogP contribution in [0.2, 0.25) is 5.02 Å². The van der Waals surface area contributed by atoms with Gasteiger partial charge in [-0.15, -0.1) is 0 Å². The van der Waals surface area contributed by atoms with E-state index in [4.69, 9.17) is 21.4 Å². The molecular formula is C19H12ClN3O8. The number of amides is 4. The third kappa shape index (κ3) is 4.67. The molecule has 0 unspecified atom stereocenters. The topological polar surface area (TPSA) is 156 Å². The van der Waals surface area contributed by atoms with Gasteiger partial charge in [0.15, 0.2) is 6.61 Å². The minimum atomic E-state index is -1.20.